The van der Waals surface area contributed by atoms with Crippen LogP contribution in [0.2, 0.25) is 10.0 Å². The molecule has 2 aromatic rings. The van der Waals surface area contributed by atoms with Gasteiger partial charge in [-0.2, -0.15) is 0 Å². The van der Waals surface area contributed by atoms with E-state index < -0.39 is 0 Å². The molecule has 1 heterocycles. The Hall–Kier alpha value is -1.44. The third-order valence-corrected chi connectivity index (χ3v) is 6.13. The normalized spacial score (nSPS) is 20.1. The van der Waals surface area contributed by atoms with Gasteiger partial charge in [0.25, 0.3) is 0 Å². The van der Waals surface area contributed by atoms with E-state index in [1.807, 2.05) is 0 Å². The molecule has 3 rings (SSSR count). The first-order valence-corrected chi connectivity index (χ1v) is 10.3. The summed E-state index contributed by atoms with van der Waals surface area (Å²) in [6, 6.07) is 5.31. The summed E-state index contributed by atoms with van der Waals surface area (Å²) < 4.78 is 1.33. The number of carbonyl (C=O) groups is 1. The van der Waals surface area contributed by atoms with Crippen LogP contribution in [-0.4, -0.2) is 32.6 Å². The highest BCUT2D eigenvalue weighted by atomic mass is 35.5. The maximum Gasteiger partial charge on any atom is 0.230 e. The second kappa shape index (κ2) is 8.50. The fourth-order valence-electron chi connectivity index (χ4n) is 3.14. The first-order chi connectivity index (χ1) is 12.5. The van der Waals surface area contributed by atoms with E-state index in [4.69, 9.17) is 29.0 Å². The van der Waals surface area contributed by atoms with Gasteiger partial charge >= 0.3 is 0 Å². The number of rotatable bonds is 5. The van der Waals surface area contributed by atoms with Gasteiger partial charge < -0.3 is 11.2 Å². The van der Waals surface area contributed by atoms with E-state index in [2.05, 4.69) is 22.4 Å². The molecule has 0 aliphatic heterocycles. The van der Waals surface area contributed by atoms with Gasteiger partial charge in [0.05, 0.1) is 10.8 Å². The van der Waals surface area contributed by atoms with Crippen molar-refractivity contribution in [3.63, 3.8) is 0 Å². The van der Waals surface area contributed by atoms with Crippen LogP contribution in [0.3, 0.4) is 0 Å². The molecule has 1 saturated carbocycles. The van der Waals surface area contributed by atoms with Gasteiger partial charge in [0.15, 0.2) is 5.82 Å². The molecule has 26 heavy (non-hydrogen) atoms. The summed E-state index contributed by atoms with van der Waals surface area (Å²) in [4.78, 5) is 12.2. The molecule has 0 saturated heterocycles. The van der Waals surface area contributed by atoms with Gasteiger partial charge in [-0.15, -0.1) is 10.2 Å². The highest BCUT2D eigenvalue weighted by molar-refractivity contribution is 7.99. The Morgan fingerprint density at radius 3 is 2.88 bits per heavy atom. The minimum Gasteiger partial charge on any atom is -0.352 e. The first-order valence-electron chi connectivity index (χ1n) is 8.53. The minimum absolute atomic E-state index is 0.0147. The number of benzene rings is 1. The summed E-state index contributed by atoms with van der Waals surface area (Å²) in [6.07, 6.45) is 4.62. The largest absolute Gasteiger partial charge is 0.352 e. The second-order valence-corrected chi connectivity index (χ2v) is 8.31. The molecule has 0 unspecified atom stereocenters. The summed E-state index contributed by atoms with van der Waals surface area (Å²) in [5.41, 5.74) is 0.599. The van der Waals surface area contributed by atoms with E-state index in [0.29, 0.717) is 32.5 Å². The Morgan fingerprint density at radius 1 is 1.35 bits per heavy atom. The van der Waals surface area contributed by atoms with E-state index in [0.717, 1.165) is 6.42 Å². The van der Waals surface area contributed by atoms with Crippen molar-refractivity contribution in [1.29, 1.82) is 0 Å². The zero-order valence-corrected chi connectivity index (χ0v) is 16.7. The van der Waals surface area contributed by atoms with Crippen LogP contribution >= 0.6 is 35.0 Å². The lowest BCUT2D eigenvalue weighted by atomic mass is 9.86. The van der Waals surface area contributed by atoms with Crippen molar-refractivity contribution < 1.29 is 4.79 Å². The van der Waals surface area contributed by atoms with E-state index >= 15 is 0 Å². The lowest BCUT2D eigenvalue weighted by Gasteiger charge is -2.29. The van der Waals surface area contributed by atoms with Gasteiger partial charge in [-0.1, -0.05) is 54.7 Å². The molecular weight excluding hydrogens is 393 g/mol. The van der Waals surface area contributed by atoms with Crippen molar-refractivity contribution >= 4 is 40.9 Å². The Morgan fingerprint density at radius 2 is 2.12 bits per heavy atom. The molecule has 0 bridgehead atoms. The molecule has 6 nitrogen and oxygen atoms in total. The third-order valence-electron chi connectivity index (χ3n) is 4.62. The lowest BCUT2D eigenvalue weighted by Crippen LogP contribution is -2.41. The Balaban J connectivity index is 1.63. The number of hydrogen-bond acceptors (Lipinski definition) is 5. The number of halogens is 2. The Labute approximate surface area is 166 Å². The summed E-state index contributed by atoms with van der Waals surface area (Å²) >= 11 is 13.5. The average Bonchev–Trinajstić information content (AvgIpc) is 2.98. The van der Waals surface area contributed by atoms with Crippen molar-refractivity contribution in [1.82, 2.24) is 20.2 Å². The Kier molecular flexibility index (Phi) is 6.32. The monoisotopic (exact) mass is 413 g/mol. The van der Waals surface area contributed by atoms with Crippen molar-refractivity contribution in [2.24, 2.45) is 5.92 Å². The minimum atomic E-state index is -0.0147. The van der Waals surface area contributed by atoms with Gasteiger partial charge in [0.2, 0.25) is 11.1 Å². The number of hydrogen-bond donors (Lipinski definition) is 2. The molecule has 1 amide bonds. The van der Waals surface area contributed by atoms with Crippen LogP contribution in [0, 0.1) is 5.92 Å². The number of thioether (sulfide) groups is 1. The van der Waals surface area contributed by atoms with Crippen molar-refractivity contribution in [2.75, 3.05) is 11.6 Å². The molecule has 1 aliphatic carbocycles. The zero-order valence-electron chi connectivity index (χ0n) is 14.4. The van der Waals surface area contributed by atoms with Crippen molar-refractivity contribution in [2.45, 2.75) is 43.8 Å². The lowest BCUT2D eigenvalue weighted by molar-refractivity contribution is -0.119. The Bertz CT molecular complexity index is 797. The fourth-order valence-corrected chi connectivity index (χ4v) is 4.18. The smallest absolute Gasteiger partial charge is 0.230 e. The van der Waals surface area contributed by atoms with Crippen LogP contribution in [0.4, 0.5) is 0 Å². The second-order valence-electron chi connectivity index (χ2n) is 6.52. The van der Waals surface area contributed by atoms with E-state index in [1.165, 1.54) is 35.7 Å². The number of aromatic nitrogens is 3. The first kappa shape index (κ1) is 19.3. The quantitative estimate of drug-likeness (QED) is 0.575. The maximum absolute atomic E-state index is 12.2. The van der Waals surface area contributed by atoms with Gasteiger partial charge in [0, 0.05) is 16.6 Å². The summed E-state index contributed by atoms with van der Waals surface area (Å²) in [7, 11) is 0. The predicted octanol–water partition coefficient (Wildman–Crippen LogP) is 3.75. The average molecular weight is 414 g/mol. The van der Waals surface area contributed by atoms with Gasteiger partial charge in [0.1, 0.15) is 0 Å². The predicted molar refractivity (Wildman–Crippen MR) is 106 cm³/mol. The number of nitrogens with two attached hydrogens (primary N) is 1. The topological polar surface area (TPSA) is 85.8 Å². The van der Waals surface area contributed by atoms with Crippen LogP contribution in [0.25, 0.3) is 11.4 Å². The number of nitrogens with one attached hydrogen (secondary N) is 1. The maximum atomic E-state index is 12.2. The van der Waals surface area contributed by atoms with Crippen LogP contribution in [-0.2, 0) is 4.79 Å². The van der Waals surface area contributed by atoms with E-state index in [9.17, 15) is 4.79 Å². The molecule has 0 radical (unpaired) electrons. The molecule has 2 atom stereocenters. The van der Waals surface area contributed by atoms with E-state index in [1.54, 1.807) is 18.2 Å². The van der Waals surface area contributed by atoms with Crippen molar-refractivity contribution in [3.8, 4) is 11.4 Å². The van der Waals surface area contributed by atoms with Gasteiger partial charge in [-0.05, 0) is 37.0 Å². The molecule has 1 fully saturated rings. The summed E-state index contributed by atoms with van der Waals surface area (Å²) in [5, 5.41) is 12.7. The zero-order chi connectivity index (χ0) is 18.7. The number of carbonyl (C=O) groups excluding carboxylic acids is 1. The highest BCUT2D eigenvalue weighted by Gasteiger charge is 2.23. The van der Waals surface area contributed by atoms with E-state index in [-0.39, 0.29) is 17.7 Å². The van der Waals surface area contributed by atoms with Crippen LogP contribution in [0.15, 0.2) is 23.4 Å². The molecule has 0 spiro atoms. The molecule has 9 heteroatoms. The van der Waals surface area contributed by atoms with Crippen LogP contribution < -0.4 is 11.2 Å². The number of nitrogen functional groups attached to an aromatic ring is 1. The summed E-state index contributed by atoms with van der Waals surface area (Å²) in [5.74, 6) is 7.23. The molecule has 1 aromatic heterocycles. The molecule has 140 valence electrons. The highest BCUT2D eigenvalue weighted by Crippen LogP contribution is 2.30. The van der Waals surface area contributed by atoms with Crippen LogP contribution in [0.1, 0.15) is 32.6 Å². The van der Waals surface area contributed by atoms with Gasteiger partial charge in [-0.25, -0.2) is 4.68 Å². The standard InChI is InChI=1S/C17H21Cl2N5OS/c1-10-4-2-3-5-14(10)21-15(25)9-26-17-23-22-16(24(17)20)12-8-11(18)6-7-13(12)19/h6-8,10,14H,2-5,9,20H2,1H3,(H,21,25)/t10-,14+/m0/s1. The third kappa shape index (κ3) is 4.45. The summed E-state index contributed by atoms with van der Waals surface area (Å²) in [6.45, 7) is 2.19. The molecule has 3 N–H and O–H groups in total. The fraction of sp³-hybridized carbons (Fsp3) is 0.471. The molecule has 1 aromatic carbocycles. The SMILES string of the molecule is C[C@H]1CCCC[C@H]1NC(=O)CSc1nnc(-c2cc(Cl)ccc2Cl)n1N. The van der Waals surface area contributed by atoms with Gasteiger partial charge in [-0.3, -0.25) is 4.79 Å². The number of amides is 1. The van der Waals surface area contributed by atoms with Crippen molar-refractivity contribution in [3.05, 3.63) is 28.2 Å². The molecule has 1 aliphatic rings. The number of nitrogens with zero attached hydrogens (tertiary/aromatic N) is 3. The van der Waals surface area contributed by atoms with Crippen LogP contribution in [0.5, 0.6) is 0 Å². The molecular formula is C17H21Cl2N5OS.